The molecule has 168 valence electrons. The number of unbranched alkanes of at least 4 members (excludes halogenated alkanes) is 2. The molecule has 0 aliphatic carbocycles. The summed E-state index contributed by atoms with van der Waals surface area (Å²) >= 11 is 5.71. The highest BCUT2D eigenvalue weighted by Gasteiger charge is 2.49. The van der Waals surface area contributed by atoms with Gasteiger partial charge in [0.1, 0.15) is 0 Å². The minimum absolute atomic E-state index is 0.0352. The van der Waals surface area contributed by atoms with E-state index >= 15 is 0 Å². The number of alkyl halides is 1. The van der Waals surface area contributed by atoms with E-state index in [1.54, 1.807) is 0 Å². The molecular weight excluding hydrogens is 416 g/mol. The van der Waals surface area contributed by atoms with Crippen LogP contribution in [0.5, 0.6) is 0 Å². The van der Waals surface area contributed by atoms with Crippen molar-refractivity contribution in [1.29, 1.82) is 0 Å². The smallest absolute Gasteiger partial charge is 0.261 e. The summed E-state index contributed by atoms with van der Waals surface area (Å²) in [5, 5.41) is 2.74. The van der Waals surface area contributed by atoms with Gasteiger partial charge in [0.2, 0.25) is 0 Å². The summed E-state index contributed by atoms with van der Waals surface area (Å²) in [6, 6.07) is 21.8. The van der Waals surface area contributed by atoms with E-state index < -0.39 is 8.32 Å². The number of benzene rings is 2. The molecule has 3 heteroatoms. The van der Waals surface area contributed by atoms with Gasteiger partial charge in [-0.05, 0) is 47.0 Å². The normalized spacial score (nSPS) is 12.8. The third kappa shape index (κ3) is 7.53. The van der Waals surface area contributed by atoms with Crippen LogP contribution in [0.15, 0.2) is 60.7 Å². The lowest BCUT2D eigenvalue weighted by Crippen LogP contribution is -2.66. The molecule has 0 aliphatic rings. The molecule has 1 atom stereocenters. The average Bonchev–Trinajstić information content (AvgIpc) is 2.76. The van der Waals surface area contributed by atoms with Crippen molar-refractivity contribution in [3.8, 4) is 11.8 Å². The Labute approximate surface area is 196 Å². The Morgan fingerprint density at radius 2 is 1.39 bits per heavy atom. The first kappa shape index (κ1) is 25.7. The summed E-state index contributed by atoms with van der Waals surface area (Å²) in [7, 11) is -2.41. The van der Waals surface area contributed by atoms with E-state index in [4.69, 9.17) is 16.0 Å². The monoisotopic (exact) mass is 454 g/mol. The second-order valence-corrected chi connectivity index (χ2v) is 14.1. The Balaban J connectivity index is 2.06. The molecule has 0 bridgehead atoms. The molecule has 0 radical (unpaired) electrons. The van der Waals surface area contributed by atoms with E-state index in [9.17, 15) is 0 Å². The third-order valence-corrected chi connectivity index (χ3v) is 11.2. The lowest BCUT2D eigenvalue weighted by Gasteiger charge is -2.43. The summed E-state index contributed by atoms with van der Waals surface area (Å²) in [5.74, 6) is 7.97. The van der Waals surface area contributed by atoms with Gasteiger partial charge < -0.3 is 4.43 Å². The van der Waals surface area contributed by atoms with Gasteiger partial charge in [-0.2, -0.15) is 0 Å². The zero-order valence-corrected chi connectivity index (χ0v) is 21.5. The van der Waals surface area contributed by atoms with Crippen LogP contribution in [-0.2, 0) is 4.43 Å². The molecule has 0 aliphatic heterocycles. The first-order valence-corrected chi connectivity index (χ1v) is 14.1. The van der Waals surface area contributed by atoms with Crippen molar-refractivity contribution in [3.63, 3.8) is 0 Å². The highest BCUT2D eigenvalue weighted by molar-refractivity contribution is 6.99. The number of halogens is 1. The fourth-order valence-corrected chi connectivity index (χ4v) is 8.89. The number of rotatable bonds is 11. The SMILES string of the molecule is C[C@@H](CCC#CCCCCCl)CCO[Si](c1ccccc1)(c1ccccc1)C(C)(C)C. The molecule has 0 N–H and O–H groups in total. The van der Waals surface area contributed by atoms with Crippen molar-refractivity contribution >= 4 is 30.3 Å². The predicted octanol–water partition coefficient (Wildman–Crippen LogP) is 6.78. The van der Waals surface area contributed by atoms with Crippen molar-refractivity contribution in [3.05, 3.63) is 60.7 Å². The van der Waals surface area contributed by atoms with Crippen LogP contribution in [0.1, 0.15) is 66.2 Å². The molecule has 0 saturated carbocycles. The van der Waals surface area contributed by atoms with Crippen molar-refractivity contribution in [2.75, 3.05) is 12.5 Å². The molecule has 0 heterocycles. The van der Waals surface area contributed by atoms with Crippen molar-refractivity contribution in [1.82, 2.24) is 0 Å². The maximum absolute atomic E-state index is 7.00. The summed E-state index contributed by atoms with van der Waals surface area (Å²) in [5.41, 5.74) is 0. The number of hydrogen-bond acceptors (Lipinski definition) is 1. The van der Waals surface area contributed by atoms with E-state index in [1.165, 1.54) is 10.4 Å². The Hall–Kier alpha value is -1.53. The maximum atomic E-state index is 7.00. The van der Waals surface area contributed by atoms with Crippen LogP contribution in [0.25, 0.3) is 0 Å². The van der Waals surface area contributed by atoms with Crippen LogP contribution >= 0.6 is 11.6 Å². The van der Waals surface area contributed by atoms with Gasteiger partial charge in [-0.1, -0.05) is 88.4 Å². The Kier molecular flexibility index (Phi) is 10.9. The van der Waals surface area contributed by atoms with Gasteiger partial charge in [-0.15, -0.1) is 23.4 Å². The molecule has 0 amide bonds. The summed E-state index contributed by atoms with van der Waals surface area (Å²) in [4.78, 5) is 0. The van der Waals surface area contributed by atoms with Gasteiger partial charge in [0.25, 0.3) is 8.32 Å². The van der Waals surface area contributed by atoms with E-state index in [0.717, 1.165) is 51.0 Å². The molecule has 0 unspecified atom stereocenters. The van der Waals surface area contributed by atoms with Gasteiger partial charge >= 0.3 is 0 Å². The third-order valence-electron chi connectivity index (χ3n) is 5.92. The Morgan fingerprint density at radius 3 is 1.90 bits per heavy atom. The van der Waals surface area contributed by atoms with E-state index in [-0.39, 0.29) is 5.04 Å². The van der Waals surface area contributed by atoms with Crippen molar-refractivity contribution < 1.29 is 4.43 Å². The van der Waals surface area contributed by atoms with Gasteiger partial charge in [-0.3, -0.25) is 0 Å². The van der Waals surface area contributed by atoms with Crippen LogP contribution in [0.3, 0.4) is 0 Å². The van der Waals surface area contributed by atoms with E-state index in [1.807, 2.05) is 0 Å². The van der Waals surface area contributed by atoms with Gasteiger partial charge in [0, 0.05) is 25.3 Å². The molecule has 31 heavy (non-hydrogen) atoms. The minimum Gasteiger partial charge on any atom is -0.407 e. The molecule has 0 saturated heterocycles. The van der Waals surface area contributed by atoms with Gasteiger partial charge in [-0.25, -0.2) is 0 Å². The molecule has 0 fully saturated rings. The largest absolute Gasteiger partial charge is 0.407 e. The lowest BCUT2D eigenvalue weighted by atomic mass is 10.0. The molecular formula is C28H39ClOSi. The van der Waals surface area contributed by atoms with Crippen LogP contribution in [0, 0.1) is 17.8 Å². The maximum Gasteiger partial charge on any atom is 0.261 e. The summed E-state index contributed by atoms with van der Waals surface area (Å²) in [6.45, 7) is 10.1. The fraction of sp³-hybridized carbons (Fsp3) is 0.500. The zero-order chi connectivity index (χ0) is 22.6. The van der Waals surface area contributed by atoms with Crippen LogP contribution in [-0.4, -0.2) is 20.8 Å². The molecule has 2 aromatic carbocycles. The highest BCUT2D eigenvalue weighted by Crippen LogP contribution is 2.37. The molecule has 2 rings (SSSR count). The lowest BCUT2D eigenvalue weighted by molar-refractivity contribution is 0.265. The van der Waals surface area contributed by atoms with E-state index in [0.29, 0.717) is 5.92 Å². The fourth-order valence-electron chi connectivity index (χ4n) is 4.12. The number of hydrogen-bond donors (Lipinski definition) is 0. The van der Waals surface area contributed by atoms with Crippen LogP contribution in [0.2, 0.25) is 5.04 Å². The first-order chi connectivity index (χ1) is 14.9. The molecule has 0 spiro atoms. The average molecular weight is 455 g/mol. The minimum atomic E-state index is -2.41. The molecule has 1 nitrogen and oxygen atoms in total. The van der Waals surface area contributed by atoms with Crippen LogP contribution in [0.4, 0.5) is 0 Å². The van der Waals surface area contributed by atoms with Gasteiger partial charge in [0.05, 0.1) is 0 Å². The Morgan fingerprint density at radius 1 is 0.839 bits per heavy atom. The summed E-state index contributed by atoms with van der Waals surface area (Å²) in [6.07, 6.45) is 6.31. The van der Waals surface area contributed by atoms with E-state index in [2.05, 4.69) is 100 Å². The Bertz CT molecular complexity index is 762. The van der Waals surface area contributed by atoms with Crippen molar-refractivity contribution in [2.45, 2.75) is 71.3 Å². The van der Waals surface area contributed by atoms with Crippen molar-refractivity contribution in [2.24, 2.45) is 5.92 Å². The zero-order valence-electron chi connectivity index (χ0n) is 19.8. The predicted molar refractivity (Wildman–Crippen MR) is 139 cm³/mol. The highest BCUT2D eigenvalue weighted by atomic mass is 35.5. The second kappa shape index (κ2) is 13.1. The standard InChI is InChI=1S/C28H39ClOSi/c1-25(17-11-7-5-6-8-16-23-29)22-24-30-31(28(2,3)4,26-18-12-9-13-19-26)27-20-14-10-15-21-27/h9-10,12-15,18-21,25H,6,8,11,16-17,22-24H2,1-4H3/t25-/m0/s1. The second-order valence-electron chi connectivity index (χ2n) is 9.44. The van der Waals surface area contributed by atoms with Gasteiger partial charge in [0.15, 0.2) is 0 Å². The quantitative estimate of drug-likeness (QED) is 0.157. The molecule has 2 aromatic rings. The molecule has 0 aromatic heterocycles. The summed E-state index contributed by atoms with van der Waals surface area (Å²) < 4.78 is 7.00. The topological polar surface area (TPSA) is 9.23 Å². The van der Waals surface area contributed by atoms with Crippen LogP contribution < -0.4 is 10.4 Å². The first-order valence-electron chi connectivity index (χ1n) is 11.7.